The van der Waals surface area contributed by atoms with Gasteiger partial charge in [0.15, 0.2) is 0 Å². The Morgan fingerprint density at radius 2 is 1.85 bits per heavy atom. The molecule has 7 heteroatoms. The number of nitrogens with zero attached hydrogens (tertiary/aromatic N) is 3. The standard InChI is InChI=1S/C27H33N3O4.C3H4.C2H2/c1-5-7-10-15-23-21(3)26(32)29(27(23)33)19-17-24-28-18-12-9-8-11-16-25(31)30(24)22(6-2)14-13-20-34-4;1-3-2;1-2/h5-6,8-15H,1,7,16-20H2,2-4H3;1H,2H3;1-2H/b11-8-,12-9-,14-13-,15-10?,22-6+,28-24?;;. The molecule has 2 aliphatic rings. The molecule has 0 N–H and O–H groups in total. The Bertz CT molecular complexity index is 1140. The maximum Gasteiger partial charge on any atom is 0.261 e. The Morgan fingerprint density at radius 3 is 2.46 bits per heavy atom. The number of methoxy groups -OCH3 is 1. The van der Waals surface area contributed by atoms with Crippen LogP contribution in [0.1, 0.15) is 40.0 Å². The van der Waals surface area contributed by atoms with Crippen LogP contribution in [0.25, 0.3) is 0 Å². The summed E-state index contributed by atoms with van der Waals surface area (Å²) in [4.78, 5) is 46.3. The van der Waals surface area contributed by atoms with Gasteiger partial charge in [0, 0.05) is 43.3 Å². The van der Waals surface area contributed by atoms with Crippen molar-refractivity contribution in [2.45, 2.75) is 40.0 Å². The fraction of sp³-hybridized carbons (Fsp3) is 0.312. The lowest BCUT2D eigenvalue weighted by Gasteiger charge is -2.27. The van der Waals surface area contributed by atoms with Crippen molar-refractivity contribution in [1.29, 1.82) is 0 Å². The van der Waals surface area contributed by atoms with Gasteiger partial charge in [-0.3, -0.25) is 29.2 Å². The van der Waals surface area contributed by atoms with Crippen molar-refractivity contribution < 1.29 is 19.1 Å². The number of hydrogen-bond acceptors (Lipinski definition) is 5. The Morgan fingerprint density at radius 1 is 1.18 bits per heavy atom. The third-order valence-electron chi connectivity index (χ3n) is 5.26. The van der Waals surface area contributed by atoms with E-state index in [2.05, 4.69) is 36.8 Å². The number of amidine groups is 1. The first-order valence-electron chi connectivity index (χ1n) is 12.4. The highest BCUT2D eigenvalue weighted by Crippen LogP contribution is 2.23. The smallest absolute Gasteiger partial charge is 0.261 e. The Balaban J connectivity index is 0.00000269. The van der Waals surface area contributed by atoms with Gasteiger partial charge >= 0.3 is 0 Å². The average Bonchev–Trinajstić information content (AvgIpc) is 3.14. The number of imide groups is 1. The van der Waals surface area contributed by atoms with Crippen molar-refractivity contribution in [3.05, 3.63) is 84.2 Å². The number of allylic oxidation sites excluding steroid dienone is 6. The third-order valence-corrected chi connectivity index (χ3v) is 5.26. The van der Waals surface area contributed by atoms with Gasteiger partial charge in [0.25, 0.3) is 11.8 Å². The molecule has 206 valence electrons. The van der Waals surface area contributed by atoms with Gasteiger partial charge in [-0.25, -0.2) is 0 Å². The van der Waals surface area contributed by atoms with Crippen molar-refractivity contribution in [3.8, 4) is 25.2 Å². The van der Waals surface area contributed by atoms with E-state index in [0.29, 0.717) is 42.3 Å². The summed E-state index contributed by atoms with van der Waals surface area (Å²) in [6.45, 7) is 9.70. The fourth-order valence-electron chi connectivity index (χ4n) is 3.51. The molecule has 39 heavy (non-hydrogen) atoms. The molecule has 0 saturated heterocycles. The number of carbonyl (C=O) groups is 3. The van der Waals surface area contributed by atoms with Crippen molar-refractivity contribution in [3.63, 3.8) is 0 Å². The van der Waals surface area contributed by atoms with Gasteiger partial charge < -0.3 is 4.74 Å². The highest BCUT2D eigenvalue weighted by Gasteiger charge is 2.35. The van der Waals surface area contributed by atoms with Crippen molar-refractivity contribution >= 4 is 23.6 Å². The summed E-state index contributed by atoms with van der Waals surface area (Å²) in [7, 11) is 1.60. The monoisotopic (exact) mass is 529 g/mol. The molecular formula is C32H39N3O4. The third kappa shape index (κ3) is 11.2. The highest BCUT2D eigenvalue weighted by molar-refractivity contribution is 6.20. The Labute approximate surface area is 233 Å². The molecule has 2 aliphatic heterocycles. The fourth-order valence-corrected chi connectivity index (χ4v) is 3.51. The second-order valence-electron chi connectivity index (χ2n) is 7.88. The van der Waals surface area contributed by atoms with E-state index >= 15 is 0 Å². The molecule has 0 unspecified atom stereocenters. The molecular weight excluding hydrogens is 490 g/mol. The van der Waals surface area contributed by atoms with Crippen molar-refractivity contribution in [1.82, 2.24) is 9.80 Å². The molecule has 0 aromatic carbocycles. The van der Waals surface area contributed by atoms with Gasteiger partial charge in [0.2, 0.25) is 5.91 Å². The van der Waals surface area contributed by atoms with Crippen LogP contribution in [0.3, 0.4) is 0 Å². The van der Waals surface area contributed by atoms with E-state index in [1.165, 1.54) is 4.90 Å². The number of ether oxygens (including phenoxy) is 1. The normalized spacial score (nSPS) is 17.7. The van der Waals surface area contributed by atoms with Crippen LogP contribution >= 0.6 is 0 Å². The summed E-state index contributed by atoms with van der Waals surface area (Å²) in [5.41, 5.74) is 1.45. The lowest BCUT2D eigenvalue weighted by Crippen LogP contribution is -2.40. The summed E-state index contributed by atoms with van der Waals surface area (Å²) >= 11 is 0. The summed E-state index contributed by atoms with van der Waals surface area (Å²) in [6.07, 6.45) is 31.6. The zero-order chi connectivity index (χ0) is 29.6. The molecule has 2 rings (SSSR count). The predicted molar refractivity (Wildman–Crippen MR) is 159 cm³/mol. The predicted octanol–water partition coefficient (Wildman–Crippen LogP) is 4.93. The van der Waals surface area contributed by atoms with E-state index in [0.717, 1.165) is 0 Å². The summed E-state index contributed by atoms with van der Waals surface area (Å²) in [6, 6.07) is 0. The SMILES string of the molecule is C#C.C#CC.C=CCC=CC1=C(C)C(=O)N(CCC2=NC/C=C\C=C/CC(=O)N2C(/C=C\COC)=C/C)C1=O. The van der Waals surface area contributed by atoms with Crippen LogP contribution in [0, 0.1) is 25.2 Å². The van der Waals surface area contributed by atoms with Gasteiger partial charge in [-0.2, -0.15) is 0 Å². The second kappa shape index (κ2) is 20.6. The number of amides is 3. The van der Waals surface area contributed by atoms with E-state index in [9.17, 15) is 14.4 Å². The molecule has 0 aliphatic carbocycles. The Kier molecular flexibility index (Phi) is 18.2. The van der Waals surface area contributed by atoms with Crippen LogP contribution in [-0.4, -0.2) is 60.2 Å². The summed E-state index contributed by atoms with van der Waals surface area (Å²) in [5.74, 6) is 1.93. The number of rotatable bonds is 10. The number of carbonyl (C=O) groups excluding carboxylic acids is 3. The van der Waals surface area contributed by atoms with E-state index in [1.54, 1.807) is 50.2 Å². The molecule has 0 fully saturated rings. The molecule has 0 bridgehead atoms. The number of terminal acetylenes is 2. The van der Waals surface area contributed by atoms with Crippen LogP contribution in [-0.2, 0) is 19.1 Å². The van der Waals surface area contributed by atoms with E-state index < -0.39 is 0 Å². The molecule has 0 aromatic heterocycles. The van der Waals surface area contributed by atoms with Crippen LogP contribution in [0.4, 0.5) is 0 Å². The van der Waals surface area contributed by atoms with Crippen LogP contribution in [0.2, 0.25) is 0 Å². The molecule has 0 radical (unpaired) electrons. The van der Waals surface area contributed by atoms with E-state index in [-0.39, 0.29) is 37.1 Å². The van der Waals surface area contributed by atoms with Gasteiger partial charge in [0.05, 0.1) is 13.2 Å². The average molecular weight is 530 g/mol. The zero-order valence-corrected chi connectivity index (χ0v) is 23.4. The lowest BCUT2D eigenvalue weighted by atomic mass is 10.1. The molecule has 0 atom stereocenters. The van der Waals surface area contributed by atoms with Crippen molar-refractivity contribution in [2.75, 3.05) is 26.8 Å². The quantitative estimate of drug-likeness (QED) is 0.174. The molecule has 0 aromatic rings. The first kappa shape index (κ1) is 34.5. The van der Waals surface area contributed by atoms with Gasteiger partial charge in [-0.05, 0) is 33.3 Å². The molecule has 0 saturated carbocycles. The van der Waals surface area contributed by atoms with E-state index in [4.69, 9.17) is 4.74 Å². The van der Waals surface area contributed by atoms with Crippen molar-refractivity contribution in [2.24, 2.45) is 4.99 Å². The molecule has 7 nitrogen and oxygen atoms in total. The number of hydrogen-bond donors (Lipinski definition) is 0. The minimum atomic E-state index is -0.338. The zero-order valence-electron chi connectivity index (χ0n) is 23.4. The summed E-state index contributed by atoms with van der Waals surface area (Å²) < 4.78 is 5.09. The minimum Gasteiger partial charge on any atom is -0.381 e. The molecule has 0 spiro atoms. The molecule has 3 amide bonds. The highest BCUT2D eigenvalue weighted by atomic mass is 16.5. The maximum atomic E-state index is 13.1. The molecule has 2 heterocycles. The minimum absolute atomic E-state index is 0.120. The lowest BCUT2D eigenvalue weighted by molar-refractivity contribution is -0.137. The van der Waals surface area contributed by atoms with Gasteiger partial charge in [0.1, 0.15) is 5.84 Å². The van der Waals surface area contributed by atoms with Crippen LogP contribution < -0.4 is 0 Å². The van der Waals surface area contributed by atoms with E-state index in [1.807, 2.05) is 43.4 Å². The first-order valence-corrected chi connectivity index (χ1v) is 12.4. The topological polar surface area (TPSA) is 79.3 Å². The van der Waals surface area contributed by atoms with Crippen LogP contribution in [0.15, 0.2) is 89.2 Å². The van der Waals surface area contributed by atoms with Crippen LogP contribution in [0.5, 0.6) is 0 Å². The number of aliphatic imine (C=N–C) groups is 1. The van der Waals surface area contributed by atoms with Gasteiger partial charge in [-0.15, -0.1) is 31.8 Å². The maximum absolute atomic E-state index is 13.1. The largest absolute Gasteiger partial charge is 0.381 e. The first-order chi connectivity index (χ1) is 18.9. The summed E-state index contributed by atoms with van der Waals surface area (Å²) in [5, 5.41) is 0. The van der Waals surface area contributed by atoms with Gasteiger partial charge in [-0.1, -0.05) is 54.7 Å². The Hall–Kier alpha value is -4.46. The second-order valence-corrected chi connectivity index (χ2v) is 7.88.